The first-order chi connectivity index (χ1) is 12.1. The number of benzene rings is 1. The molecule has 6 nitrogen and oxygen atoms in total. The van der Waals surface area contributed by atoms with Gasteiger partial charge < -0.3 is 15.4 Å². The second kappa shape index (κ2) is 7.68. The van der Waals surface area contributed by atoms with E-state index in [-0.39, 0.29) is 29.7 Å². The van der Waals surface area contributed by atoms with Crippen molar-refractivity contribution in [1.29, 1.82) is 0 Å². The number of carbonyl (C=O) groups is 3. The Balaban J connectivity index is 1.51. The lowest BCUT2D eigenvalue weighted by molar-refractivity contribution is -0.126. The number of amides is 2. The lowest BCUT2D eigenvalue weighted by atomic mass is 9.95. The monoisotopic (exact) mass is 344 g/mol. The van der Waals surface area contributed by atoms with Gasteiger partial charge in [0.1, 0.15) is 0 Å². The predicted octanol–water partition coefficient (Wildman–Crippen LogP) is 2.50. The molecule has 0 radical (unpaired) electrons. The predicted molar refractivity (Wildman–Crippen MR) is 93.0 cm³/mol. The molecule has 6 heteroatoms. The van der Waals surface area contributed by atoms with E-state index in [1.54, 1.807) is 24.3 Å². The fourth-order valence-corrected chi connectivity index (χ4v) is 3.41. The number of methoxy groups -OCH3 is 1. The number of hydrogen-bond acceptors (Lipinski definition) is 4. The maximum absolute atomic E-state index is 12.3. The molecule has 2 fully saturated rings. The van der Waals surface area contributed by atoms with Crippen LogP contribution in [0.25, 0.3) is 0 Å². The molecule has 0 heterocycles. The van der Waals surface area contributed by atoms with Crippen molar-refractivity contribution >= 4 is 23.5 Å². The summed E-state index contributed by atoms with van der Waals surface area (Å²) in [6.45, 7) is 0. The van der Waals surface area contributed by atoms with Crippen molar-refractivity contribution < 1.29 is 19.1 Å². The molecule has 25 heavy (non-hydrogen) atoms. The van der Waals surface area contributed by atoms with Gasteiger partial charge in [0.2, 0.25) is 11.8 Å². The first-order valence-corrected chi connectivity index (χ1v) is 8.88. The Kier molecular flexibility index (Phi) is 5.36. The highest BCUT2D eigenvalue weighted by atomic mass is 16.5. The van der Waals surface area contributed by atoms with Gasteiger partial charge in [-0.3, -0.25) is 9.59 Å². The quantitative estimate of drug-likeness (QED) is 0.804. The highest BCUT2D eigenvalue weighted by Gasteiger charge is 2.48. The lowest BCUT2D eigenvalue weighted by Crippen LogP contribution is -2.37. The molecule has 2 N–H and O–H groups in total. The molecule has 2 aliphatic rings. The van der Waals surface area contributed by atoms with Gasteiger partial charge in [-0.05, 0) is 37.5 Å². The van der Waals surface area contributed by atoms with Crippen LogP contribution in [0.1, 0.15) is 48.9 Å². The maximum atomic E-state index is 12.3. The number of anilines is 1. The third kappa shape index (κ3) is 4.38. The number of carbonyl (C=O) groups excluding carboxylic acids is 3. The van der Waals surface area contributed by atoms with Crippen LogP contribution in [-0.2, 0) is 14.3 Å². The lowest BCUT2D eigenvalue weighted by Gasteiger charge is -2.22. The first kappa shape index (κ1) is 17.5. The van der Waals surface area contributed by atoms with Crippen molar-refractivity contribution in [2.24, 2.45) is 11.8 Å². The number of rotatable bonds is 5. The van der Waals surface area contributed by atoms with Crippen LogP contribution in [0.3, 0.4) is 0 Å². The summed E-state index contributed by atoms with van der Waals surface area (Å²) >= 11 is 0. The Bertz CT molecular complexity index is 667. The summed E-state index contributed by atoms with van der Waals surface area (Å²) in [6.07, 6.45) is 6.23. The second-order valence-corrected chi connectivity index (χ2v) is 6.85. The molecule has 3 rings (SSSR count). The molecule has 0 saturated heterocycles. The van der Waals surface area contributed by atoms with Crippen LogP contribution in [0.5, 0.6) is 0 Å². The highest BCUT2D eigenvalue weighted by molar-refractivity contribution is 6.00. The van der Waals surface area contributed by atoms with E-state index in [4.69, 9.17) is 0 Å². The molecule has 2 saturated carbocycles. The Morgan fingerprint density at radius 2 is 1.76 bits per heavy atom. The summed E-state index contributed by atoms with van der Waals surface area (Å²) in [5.41, 5.74) is 0.911. The topological polar surface area (TPSA) is 84.5 Å². The van der Waals surface area contributed by atoms with E-state index in [1.807, 2.05) is 0 Å². The standard InChI is InChI=1S/C19H24N2O4/c1-25-19(24)12-6-5-9-14(10-12)21-18(23)16-11-15(16)17(22)20-13-7-3-2-4-8-13/h5-6,9-10,13,15-16H,2-4,7-8,11H2,1H3,(H,20,22)(H,21,23). The van der Waals surface area contributed by atoms with E-state index in [0.717, 1.165) is 25.7 Å². The molecule has 0 aromatic heterocycles. The van der Waals surface area contributed by atoms with Gasteiger partial charge in [-0.2, -0.15) is 0 Å². The summed E-state index contributed by atoms with van der Waals surface area (Å²) < 4.78 is 4.67. The summed E-state index contributed by atoms with van der Waals surface area (Å²) in [4.78, 5) is 36.1. The molecule has 2 unspecified atom stereocenters. The summed E-state index contributed by atoms with van der Waals surface area (Å²) in [6, 6.07) is 6.86. The van der Waals surface area contributed by atoms with Crippen molar-refractivity contribution in [3.8, 4) is 0 Å². The van der Waals surface area contributed by atoms with Crippen LogP contribution < -0.4 is 10.6 Å². The molecule has 0 spiro atoms. The average molecular weight is 344 g/mol. The fraction of sp³-hybridized carbons (Fsp3) is 0.526. The summed E-state index contributed by atoms with van der Waals surface area (Å²) in [5, 5.41) is 5.87. The fourth-order valence-electron chi connectivity index (χ4n) is 3.41. The van der Waals surface area contributed by atoms with Gasteiger partial charge in [0.15, 0.2) is 0 Å². The molecule has 0 bridgehead atoms. The first-order valence-electron chi connectivity index (χ1n) is 8.88. The van der Waals surface area contributed by atoms with Crippen LogP contribution in [0.2, 0.25) is 0 Å². The molecule has 2 aliphatic carbocycles. The molecule has 134 valence electrons. The van der Waals surface area contributed by atoms with Crippen molar-refractivity contribution in [2.45, 2.75) is 44.6 Å². The van der Waals surface area contributed by atoms with Crippen LogP contribution in [0.15, 0.2) is 24.3 Å². The smallest absolute Gasteiger partial charge is 0.337 e. The average Bonchev–Trinajstić information content (AvgIpc) is 3.43. The Labute approximate surface area is 147 Å². The zero-order valence-electron chi connectivity index (χ0n) is 14.4. The number of ether oxygens (including phenoxy) is 1. The Morgan fingerprint density at radius 3 is 2.48 bits per heavy atom. The van der Waals surface area contributed by atoms with Gasteiger partial charge in [-0.25, -0.2) is 4.79 Å². The third-order valence-electron chi connectivity index (χ3n) is 4.97. The van der Waals surface area contributed by atoms with Crippen LogP contribution in [-0.4, -0.2) is 30.9 Å². The largest absolute Gasteiger partial charge is 0.465 e. The Hall–Kier alpha value is -2.37. The SMILES string of the molecule is COC(=O)c1cccc(NC(=O)C2CC2C(=O)NC2CCCCC2)c1. The molecule has 2 amide bonds. The van der Waals surface area contributed by atoms with E-state index < -0.39 is 5.97 Å². The molecular weight excluding hydrogens is 320 g/mol. The molecule has 1 aromatic rings. The zero-order chi connectivity index (χ0) is 17.8. The molecule has 1 aromatic carbocycles. The van der Waals surface area contributed by atoms with Gasteiger partial charge in [-0.1, -0.05) is 25.3 Å². The van der Waals surface area contributed by atoms with Gasteiger partial charge in [-0.15, -0.1) is 0 Å². The summed E-state index contributed by atoms with van der Waals surface area (Å²) in [7, 11) is 1.31. The Morgan fingerprint density at radius 1 is 1.04 bits per heavy atom. The zero-order valence-corrected chi connectivity index (χ0v) is 14.4. The normalized spacial score (nSPS) is 22.8. The summed E-state index contributed by atoms with van der Waals surface area (Å²) in [5.74, 6) is -1.15. The van der Waals surface area contributed by atoms with Gasteiger partial charge in [0.05, 0.1) is 24.5 Å². The van der Waals surface area contributed by atoms with Crippen molar-refractivity contribution in [3.63, 3.8) is 0 Å². The maximum Gasteiger partial charge on any atom is 0.337 e. The van der Waals surface area contributed by atoms with Gasteiger partial charge >= 0.3 is 5.97 Å². The van der Waals surface area contributed by atoms with E-state index in [1.165, 1.54) is 13.5 Å². The minimum Gasteiger partial charge on any atom is -0.465 e. The number of esters is 1. The number of hydrogen-bond donors (Lipinski definition) is 2. The molecular formula is C19H24N2O4. The number of nitrogens with one attached hydrogen (secondary N) is 2. The minimum absolute atomic E-state index is 0.00429. The van der Waals surface area contributed by atoms with E-state index >= 15 is 0 Å². The van der Waals surface area contributed by atoms with Gasteiger partial charge in [0.25, 0.3) is 0 Å². The third-order valence-corrected chi connectivity index (χ3v) is 4.97. The van der Waals surface area contributed by atoms with Crippen molar-refractivity contribution in [1.82, 2.24) is 5.32 Å². The molecule has 2 atom stereocenters. The van der Waals surface area contributed by atoms with Gasteiger partial charge in [0, 0.05) is 11.7 Å². The molecule has 0 aliphatic heterocycles. The minimum atomic E-state index is -0.452. The van der Waals surface area contributed by atoms with Crippen LogP contribution >= 0.6 is 0 Å². The van der Waals surface area contributed by atoms with E-state index in [9.17, 15) is 14.4 Å². The van der Waals surface area contributed by atoms with Crippen LogP contribution in [0.4, 0.5) is 5.69 Å². The van der Waals surface area contributed by atoms with E-state index in [0.29, 0.717) is 17.7 Å². The highest BCUT2D eigenvalue weighted by Crippen LogP contribution is 2.40. The second-order valence-electron chi connectivity index (χ2n) is 6.85. The van der Waals surface area contributed by atoms with Crippen LogP contribution in [0, 0.1) is 11.8 Å². The van der Waals surface area contributed by atoms with E-state index in [2.05, 4.69) is 15.4 Å². The van der Waals surface area contributed by atoms with Crippen molar-refractivity contribution in [3.05, 3.63) is 29.8 Å². The van der Waals surface area contributed by atoms with Crippen molar-refractivity contribution in [2.75, 3.05) is 12.4 Å².